The average molecular weight is 330 g/mol. The minimum Gasteiger partial charge on any atom is -0.449 e. The summed E-state index contributed by atoms with van der Waals surface area (Å²) in [6, 6.07) is 14.7. The second-order valence-electron chi connectivity index (χ2n) is 5.25. The van der Waals surface area contributed by atoms with E-state index in [0.29, 0.717) is 23.6 Å². The fourth-order valence-electron chi connectivity index (χ4n) is 2.36. The molecule has 0 aliphatic rings. The number of furan rings is 1. The molecular formula is C18H16ClNO3. The molecule has 1 amide bonds. The molecule has 0 atom stereocenters. The molecule has 5 heteroatoms. The van der Waals surface area contributed by atoms with Crippen LogP contribution in [0.4, 0.5) is 0 Å². The number of carbonyl (C=O) groups is 1. The van der Waals surface area contributed by atoms with Gasteiger partial charge in [-0.15, -0.1) is 0 Å². The largest absolute Gasteiger partial charge is 0.449 e. The van der Waals surface area contributed by atoms with Crippen molar-refractivity contribution in [1.82, 2.24) is 5.32 Å². The Balaban J connectivity index is 1.60. The molecule has 118 valence electrons. The smallest absolute Gasteiger partial charge is 0.287 e. The number of nitrogens with one attached hydrogen (secondary N) is 1. The lowest BCUT2D eigenvalue weighted by Crippen LogP contribution is -2.25. The van der Waals surface area contributed by atoms with Crippen molar-refractivity contribution >= 4 is 28.5 Å². The molecule has 1 aromatic heterocycles. The van der Waals surface area contributed by atoms with Crippen LogP contribution < -0.4 is 5.32 Å². The van der Waals surface area contributed by atoms with Gasteiger partial charge in [0.25, 0.3) is 5.91 Å². The number of hydrogen-bond acceptors (Lipinski definition) is 3. The van der Waals surface area contributed by atoms with E-state index in [1.54, 1.807) is 12.1 Å². The lowest BCUT2D eigenvalue weighted by molar-refractivity contribution is 0.0928. The van der Waals surface area contributed by atoms with Gasteiger partial charge in [-0.25, -0.2) is 0 Å². The number of hydrogen-bond donors (Lipinski definition) is 2. The third kappa shape index (κ3) is 3.55. The van der Waals surface area contributed by atoms with Crippen LogP contribution in [-0.4, -0.2) is 17.6 Å². The van der Waals surface area contributed by atoms with E-state index in [-0.39, 0.29) is 18.3 Å². The zero-order chi connectivity index (χ0) is 16.2. The number of para-hydroxylation sites is 1. The predicted octanol–water partition coefficient (Wildman–Crippen LogP) is 3.55. The number of aliphatic hydroxyl groups excluding tert-OH is 1. The monoisotopic (exact) mass is 329 g/mol. The molecule has 3 aromatic rings. The van der Waals surface area contributed by atoms with Crippen LogP contribution >= 0.6 is 11.6 Å². The number of fused-ring (bicyclic) bond motifs is 1. The van der Waals surface area contributed by atoms with Crippen molar-refractivity contribution in [3.05, 3.63) is 70.4 Å². The third-order valence-electron chi connectivity index (χ3n) is 3.62. The summed E-state index contributed by atoms with van der Waals surface area (Å²) in [4.78, 5) is 12.1. The molecule has 0 spiro atoms. The molecule has 2 aromatic carbocycles. The first-order valence-corrected chi connectivity index (χ1v) is 7.70. The Morgan fingerprint density at radius 1 is 1.13 bits per heavy atom. The third-order valence-corrected chi connectivity index (χ3v) is 3.92. The second kappa shape index (κ2) is 6.86. The molecule has 1 heterocycles. The van der Waals surface area contributed by atoms with E-state index in [0.717, 1.165) is 16.5 Å². The number of aliphatic hydroxyl groups is 1. The molecule has 23 heavy (non-hydrogen) atoms. The molecule has 0 aliphatic heterocycles. The standard InChI is InChI=1S/C18H16ClNO3/c19-15-3-1-2-14-10-16(23-17(14)15)18(22)20-9-8-12-4-6-13(11-21)7-5-12/h1-7,10,21H,8-9,11H2,(H,20,22). The Morgan fingerprint density at radius 2 is 1.87 bits per heavy atom. The Hall–Kier alpha value is -2.30. The molecule has 0 radical (unpaired) electrons. The van der Waals surface area contributed by atoms with E-state index in [9.17, 15) is 4.79 Å². The Labute approximate surface area is 138 Å². The van der Waals surface area contributed by atoms with Crippen LogP contribution in [0.3, 0.4) is 0 Å². The van der Waals surface area contributed by atoms with Gasteiger partial charge >= 0.3 is 0 Å². The Bertz CT molecular complexity index is 824. The molecule has 0 fully saturated rings. The maximum Gasteiger partial charge on any atom is 0.287 e. The summed E-state index contributed by atoms with van der Waals surface area (Å²) in [5.74, 6) is -0.00651. The molecule has 3 rings (SSSR count). The van der Waals surface area contributed by atoms with Crippen molar-refractivity contribution in [3.63, 3.8) is 0 Å². The van der Waals surface area contributed by atoms with Crippen LogP contribution in [0.25, 0.3) is 11.0 Å². The van der Waals surface area contributed by atoms with Gasteiger partial charge in [-0.1, -0.05) is 48.0 Å². The summed E-state index contributed by atoms with van der Waals surface area (Å²) >= 11 is 6.04. The van der Waals surface area contributed by atoms with E-state index in [1.165, 1.54) is 0 Å². The fourth-order valence-corrected chi connectivity index (χ4v) is 2.58. The number of halogens is 1. The van der Waals surface area contributed by atoms with Gasteiger partial charge in [0.2, 0.25) is 0 Å². The zero-order valence-corrected chi connectivity index (χ0v) is 13.1. The summed E-state index contributed by atoms with van der Waals surface area (Å²) in [5.41, 5.74) is 2.49. The molecule has 4 nitrogen and oxygen atoms in total. The zero-order valence-electron chi connectivity index (χ0n) is 12.4. The molecule has 0 unspecified atom stereocenters. The van der Waals surface area contributed by atoms with Gasteiger partial charge in [-0.05, 0) is 29.7 Å². The van der Waals surface area contributed by atoms with Crippen LogP contribution in [0.1, 0.15) is 21.7 Å². The van der Waals surface area contributed by atoms with Crippen LogP contribution in [-0.2, 0) is 13.0 Å². The first kappa shape index (κ1) is 15.6. The highest BCUT2D eigenvalue weighted by molar-refractivity contribution is 6.34. The van der Waals surface area contributed by atoms with E-state index < -0.39 is 0 Å². The molecule has 0 saturated carbocycles. The first-order valence-electron chi connectivity index (χ1n) is 7.32. The number of rotatable bonds is 5. The summed E-state index contributed by atoms with van der Waals surface area (Å²) < 4.78 is 5.52. The van der Waals surface area contributed by atoms with Crippen molar-refractivity contribution in [1.29, 1.82) is 0 Å². The van der Waals surface area contributed by atoms with Crippen LogP contribution in [0.5, 0.6) is 0 Å². The minimum absolute atomic E-state index is 0.0334. The predicted molar refractivity (Wildman–Crippen MR) is 89.6 cm³/mol. The van der Waals surface area contributed by atoms with E-state index in [2.05, 4.69) is 5.32 Å². The van der Waals surface area contributed by atoms with Gasteiger partial charge in [0.1, 0.15) is 0 Å². The van der Waals surface area contributed by atoms with Gasteiger partial charge in [-0.2, -0.15) is 0 Å². The lowest BCUT2D eigenvalue weighted by Gasteiger charge is -2.04. The van der Waals surface area contributed by atoms with Crippen LogP contribution in [0, 0.1) is 0 Å². The van der Waals surface area contributed by atoms with Crippen molar-refractivity contribution < 1.29 is 14.3 Å². The van der Waals surface area contributed by atoms with Gasteiger partial charge in [0.15, 0.2) is 11.3 Å². The van der Waals surface area contributed by atoms with Gasteiger partial charge in [0, 0.05) is 11.9 Å². The molecular weight excluding hydrogens is 314 g/mol. The Morgan fingerprint density at radius 3 is 2.57 bits per heavy atom. The quantitative estimate of drug-likeness (QED) is 0.752. The molecule has 0 aliphatic carbocycles. The SMILES string of the molecule is O=C(NCCc1ccc(CO)cc1)c1cc2cccc(Cl)c2o1. The topological polar surface area (TPSA) is 62.5 Å². The van der Waals surface area contributed by atoms with Crippen molar-refractivity contribution in [2.24, 2.45) is 0 Å². The normalized spacial score (nSPS) is 10.9. The second-order valence-corrected chi connectivity index (χ2v) is 5.66. The molecule has 2 N–H and O–H groups in total. The summed E-state index contributed by atoms with van der Waals surface area (Å²) in [7, 11) is 0. The van der Waals surface area contributed by atoms with Crippen molar-refractivity contribution in [3.8, 4) is 0 Å². The van der Waals surface area contributed by atoms with E-state index in [4.69, 9.17) is 21.1 Å². The van der Waals surface area contributed by atoms with Crippen LogP contribution in [0.2, 0.25) is 5.02 Å². The number of carbonyl (C=O) groups excluding carboxylic acids is 1. The highest BCUT2D eigenvalue weighted by Gasteiger charge is 2.13. The highest BCUT2D eigenvalue weighted by Crippen LogP contribution is 2.26. The van der Waals surface area contributed by atoms with Gasteiger partial charge in [0.05, 0.1) is 11.6 Å². The number of benzene rings is 2. The van der Waals surface area contributed by atoms with Gasteiger partial charge in [-0.3, -0.25) is 4.79 Å². The number of amides is 1. The maximum absolute atomic E-state index is 12.1. The summed E-state index contributed by atoms with van der Waals surface area (Å²) in [5, 5.41) is 13.1. The van der Waals surface area contributed by atoms with Crippen molar-refractivity contribution in [2.45, 2.75) is 13.0 Å². The van der Waals surface area contributed by atoms with Crippen molar-refractivity contribution in [2.75, 3.05) is 6.54 Å². The van der Waals surface area contributed by atoms with E-state index >= 15 is 0 Å². The highest BCUT2D eigenvalue weighted by atomic mass is 35.5. The maximum atomic E-state index is 12.1. The first-order chi connectivity index (χ1) is 11.2. The average Bonchev–Trinajstić information content (AvgIpc) is 3.01. The fraction of sp³-hybridized carbons (Fsp3) is 0.167. The van der Waals surface area contributed by atoms with E-state index in [1.807, 2.05) is 36.4 Å². The van der Waals surface area contributed by atoms with Crippen LogP contribution in [0.15, 0.2) is 52.9 Å². The lowest BCUT2D eigenvalue weighted by atomic mass is 10.1. The Kier molecular flexibility index (Phi) is 4.65. The van der Waals surface area contributed by atoms with Gasteiger partial charge < -0.3 is 14.8 Å². The molecule has 0 saturated heterocycles. The minimum atomic E-state index is -0.260. The molecule has 0 bridgehead atoms. The summed E-state index contributed by atoms with van der Waals surface area (Å²) in [6.45, 7) is 0.535. The summed E-state index contributed by atoms with van der Waals surface area (Å²) in [6.07, 6.45) is 0.707.